The molecule has 0 aromatic carbocycles. The molecule has 0 aromatic heterocycles. The van der Waals surface area contributed by atoms with Crippen LogP contribution in [0.2, 0.25) is 0 Å². The van der Waals surface area contributed by atoms with Gasteiger partial charge in [0.15, 0.2) is 5.57 Å². The SMILES string of the molecule is CCCCCCOC=C(C(=O)O)C(=O)O. The van der Waals surface area contributed by atoms with Crippen LogP contribution in [0.25, 0.3) is 0 Å². The van der Waals surface area contributed by atoms with Crippen molar-refractivity contribution in [3.05, 3.63) is 11.8 Å². The Bertz CT molecular complexity index is 228. The maximum atomic E-state index is 10.4. The second-order valence-electron chi connectivity index (χ2n) is 3.07. The third kappa shape index (κ3) is 6.54. The number of carboxylic acid groups (broad SMARTS) is 2. The Hall–Kier alpha value is -1.52. The molecule has 15 heavy (non-hydrogen) atoms. The number of carboxylic acids is 2. The van der Waals surface area contributed by atoms with Crippen LogP contribution in [0.3, 0.4) is 0 Å². The Labute approximate surface area is 88.4 Å². The number of carbonyl (C=O) groups is 2. The van der Waals surface area contributed by atoms with E-state index in [-0.39, 0.29) is 0 Å². The van der Waals surface area contributed by atoms with Crippen molar-refractivity contribution in [2.24, 2.45) is 0 Å². The van der Waals surface area contributed by atoms with Gasteiger partial charge in [-0.2, -0.15) is 0 Å². The van der Waals surface area contributed by atoms with Crippen LogP contribution in [-0.2, 0) is 14.3 Å². The molecule has 0 fully saturated rings. The highest BCUT2D eigenvalue weighted by Crippen LogP contribution is 2.01. The lowest BCUT2D eigenvalue weighted by Crippen LogP contribution is -2.11. The van der Waals surface area contributed by atoms with E-state index in [2.05, 4.69) is 6.92 Å². The van der Waals surface area contributed by atoms with Gasteiger partial charge in [0.2, 0.25) is 0 Å². The van der Waals surface area contributed by atoms with Crippen molar-refractivity contribution in [2.75, 3.05) is 6.61 Å². The van der Waals surface area contributed by atoms with E-state index in [1.54, 1.807) is 0 Å². The summed E-state index contributed by atoms with van der Waals surface area (Å²) in [7, 11) is 0. The highest BCUT2D eigenvalue weighted by molar-refractivity contribution is 6.12. The highest BCUT2D eigenvalue weighted by atomic mass is 16.5. The fraction of sp³-hybridized carbons (Fsp3) is 0.600. The van der Waals surface area contributed by atoms with Crippen molar-refractivity contribution < 1.29 is 24.5 Å². The summed E-state index contributed by atoms with van der Waals surface area (Å²) in [5.41, 5.74) is -0.745. The summed E-state index contributed by atoms with van der Waals surface area (Å²) in [5, 5.41) is 16.9. The van der Waals surface area contributed by atoms with Crippen LogP contribution < -0.4 is 0 Å². The molecule has 0 bridgehead atoms. The minimum Gasteiger partial charge on any atom is -0.500 e. The molecular formula is C10H16O5. The summed E-state index contributed by atoms with van der Waals surface area (Å²) >= 11 is 0. The lowest BCUT2D eigenvalue weighted by molar-refractivity contribution is -0.140. The van der Waals surface area contributed by atoms with Gasteiger partial charge in [-0.15, -0.1) is 0 Å². The third-order valence-electron chi connectivity index (χ3n) is 1.78. The van der Waals surface area contributed by atoms with Gasteiger partial charge in [0.25, 0.3) is 0 Å². The summed E-state index contributed by atoms with van der Waals surface area (Å²) in [6.45, 7) is 2.43. The van der Waals surface area contributed by atoms with E-state index < -0.39 is 17.5 Å². The van der Waals surface area contributed by atoms with Gasteiger partial charge in [-0.25, -0.2) is 9.59 Å². The monoisotopic (exact) mass is 216 g/mol. The zero-order valence-corrected chi connectivity index (χ0v) is 8.73. The van der Waals surface area contributed by atoms with Crippen LogP contribution in [0.4, 0.5) is 0 Å². The van der Waals surface area contributed by atoms with Gasteiger partial charge < -0.3 is 14.9 Å². The Morgan fingerprint density at radius 1 is 1.13 bits per heavy atom. The molecule has 0 heterocycles. The summed E-state index contributed by atoms with van der Waals surface area (Å²) in [6.07, 6.45) is 4.79. The molecule has 0 rings (SSSR count). The lowest BCUT2D eigenvalue weighted by atomic mass is 10.2. The first-order chi connectivity index (χ1) is 7.09. The number of unbranched alkanes of at least 4 members (excludes halogenated alkanes) is 3. The lowest BCUT2D eigenvalue weighted by Gasteiger charge is -2.01. The Balaban J connectivity index is 3.82. The highest BCUT2D eigenvalue weighted by Gasteiger charge is 2.16. The second kappa shape index (κ2) is 7.84. The van der Waals surface area contributed by atoms with Crippen molar-refractivity contribution in [3.63, 3.8) is 0 Å². The molecule has 0 atom stereocenters. The summed E-state index contributed by atoms with van der Waals surface area (Å²) in [5.74, 6) is -2.98. The summed E-state index contributed by atoms with van der Waals surface area (Å²) < 4.78 is 4.84. The van der Waals surface area contributed by atoms with Gasteiger partial charge in [-0.1, -0.05) is 26.2 Å². The van der Waals surface area contributed by atoms with Gasteiger partial charge in [0.1, 0.15) is 6.26 Å². The molecular weight excluding hydrogens is 200 g/mol. The fourth-order valence-electron chi connectivity index (χ4n) is 0.947. The number of ether oxygens (including phenoxy) is 1. The van der Waals surface area contributed by atoms with Crippen molar-refractivity contribution in [1.29, 1.82) is 0 Å². The molecule has 5 heteroatoms. The van der Waals surface area contributed by atoms with E-state index in [0.717, 1.165) is 31.9 Å². The molecule has 2 N–H and O–H groups in total. The molecule has 86 valence electrons. The first kappa shape index (κ1) is 13.5. The van der Waals surface area contributed by atoms with Gasteiger partial charge in [-0.05, 0) is 6.42 Å². The molecule has 0 spiro atoms. The van der Waals surface area contributed by atoms with E-state index in [1.165, 1.54) is 0 Å². The van der Waals surface area contributed by atoms with Crippen LogP contribution in [0, 0.1) is 0 Å². The summed E-state index contributed by atoms with van der Waals surface area (Å²) in [6, 6.07) is 0. The molecule has 0 aliphatic rings. The van der Waals surface area contributed by atoms with Crippen molar-refractivity contribution in [3.8, 4) is 0 Å². The quantitative estimate of drug-likeness (QED) is 0.212. The molecule has 0 aliphatic carbocycles. The average Bonchev–Trinajstić information content (AvgIpc) is 2.15. The third-order valence-corrected chi connectivity index (χ3v) is 1.78. The van der Waals surface area contributed by atoms with Crippen molar-refractivity contribution in [2.45, 2.75) is 32.6 Å². The van der Waals surface area contributed by atoms with Gasteiger partial charge in [-0.3, -0.25) is 0 Å². The van der Waals surface area contributed by atoms with E-state index in [1.807, 2.05) is 0 Å². The van der Waals surface area contributed by atoms with E-state index >= 15 is 0 Å². The van der Waals surface area contributed by atoms with Crippen LogP contribution in [0.1, 0.15) is 32.6 Å². The summed E-state index contributed by atoms with van der Waals surface area (Å²) in [4.78, 5) is 20.8. The first-order valence-corrected chi connectivity index (χ1v) is 4.88. The molecule has 0 saturated carbocycles. The minimum atomic E-state index is -1.49. The topological polar surface area (TPSA) is 83.8 Å². The largest absolute Gasteiger partial charge is 0.500 e. The molecule has 0 radical (unpaired) electrons. The predicted octanol–water partition coefficient (Wildman–Crippen LogP) is 1.64. The fourth-order valence-corrected chi connectivity index (χ4v) is 0.947. The van der Waals surface area contributed by atoms with E-state index in [4.69, 9.17) is 14.9 Å². The average molecular weight is 216 g/mol. The van der Waals surface area contributed by atoms with Crippen LogP contribution in [0.15, 0.2) is 11.8 Å². The maximum Gasteiger partial charge on any atom is 0.346 e. The molecule has 0 amide bonds. The predicted molar refractivity (Wildman–Crippen MR) is 53.4 cm³/mol. The number of aliphatic carboxylic acids is 2. The second-order valence-corrected chi connectivity index (χ2v) is 3.07. The van der Waals surface area contributed by atoms with Crippen LogP contribution >= 0.6 is 0 Å². The van der Waals surface area contributed by atoms with Crippen molar-refractivity contribution >= 4 is 11.9 Å². The minimum absolute atomic E-state index is 0.351. The number of rotatable bonds is 8. The maximum absolute atomic E-state index is 10.4. The molecule has 0 saturated heterocycles. The number of hydrogen-bond acceptors (Lipinski definition) is 3. The van der Waals surface area contributed by atoms with E-state index in [9.17, 15) is 9.59 Å². The standard InChI is InChI=1S/C10H16O5/c1-2-3-4-5-6-15-7-8(9(11)12)10(13)14/h7H,2-6H2,1H3,(H,11,12)(H,13,14). The van der Waals surface area contributed by atoms with E-state index in [0.29, 0.717) is 6.61 Å². The molecule has 0 aliphatic heterocycles. The zero-order chi connectivity index (χ0) is 11.7. The van der Waals surface area contributed by atoms with Crippen LogP contribution in [-0.4, -0.2) is 28.8 Å². The number of hydrogen-bond donors (Lipinski definition) is 2. The van der Waals surface area contributed by atoms with Gasteiger partial charge in [0, 0.05) is 0 Å². The zero-order valence-electron chi connectivity index (χ0n) is 8.73. The Morgan fingerprint density at radius 3 is 2.20 bits per heavy atom. The smallest absolute Gasteiger partial charge is 0.346 e. The van der Waals surface area contributed by atoms with Gasteiger partial charge in [0.05, 0.1) is 6.61 Å². The van der Waals surface area contributed by atoms with Crippen molar-refractivity contribution in [1.82, 2.24) is 0 Å². The molecule has 0 unspecified atom stereocenters. The first-order valence-electron chi connectivity index (χ1n) is 4.88. The normalized spacial score (nSPS) is 9.40. The van der Waals surface area contributed by atoms with Gasteiger partial charge >= 0.3 is 11.9 Å². The Kier molecular flexibility index (Phi) is 7.05. The molecule has 0 aromatic rings. The van der Waals surface area contributed by atoms with Crippen LogP contribution in [0.5, 0.6) is 0 Å². The molecule has 5 nitrogen and oxygen atoms in total. The Morgan fingerprint density at radius 2 is 1.73 bits per heavy atom.